The highest BCUT2D eigenvalue weighted by Crippen LogP contribution is 2.48. The number of hydrogen-bond acceptors (Lipinski definition) is 2. The van der Waals surface area contributed by atoms with E-state index in [-0.39, 0.29) is 5.91 Å². The van der Waals surface area contributed by atoms with Crippen LogP contribution in [0.2, 0.25) is 5.02 Å². The standard InChI is InChI=1S/C11H13BrClNOS/c12-5-4-11(2-3-11)7-14-10(15)9-8(13)1-6-16-9/h1,6H,2-5,7H2,(H,14,15). The van der Waals surface area contributed by atoms with Crippen molar-refractivity contribution in [2.75, 3.05) is 11.9 Å². The first-order valence-electron chi connectivity index (χ1n) is 5.24. The Morgan fingerprint density at radius 2 is 2.38 bits per heavy atom. The number of carbonyl (C=O) groups excluding carboxylic acids is 1. The fraction of sp³-hybridized carbons (Fsp3) is 0.545. The lowest BCUT2D eigenvalue weighted by Gasteiger charge is -2.13. The lowest BCUT2D eigenvalue weighted by Crippen LogP contribution is -2.30. The number of alkyl halides is 1. The van der Waals surface area contributed by atoms with Crippen molar-refractivity contribution < 1.29 is 4.79 Å². The topological polar surface area (TPSA) is 29.1 Å². The van der Waals surface area contributed by atoms with Crippen molar-refractivity contribution in [3.63, 3.8) is 0 Å². The summed E-state index contributed by atoms with van der Waals surface area (Å²) < 4.78 is 0. The minimum Gasteiger partial charge on any atom is -0.351 e. The zero-order valence-electron chi connectivity index (χ0n) is 8.76. The van der Waals surface area contributed by atoms with Crippen molar-refractivity contribution in [2.24, 2.45) is 5.41 Å². The summed E-state index contributed by atoms with van der Waals surface area (Å²) in [6, 6.07) is 1.76. The van der Waals surface area contributed by atoms with Gasteiger partial charge in [0.1, 0.15) is 4.88 Å². The molecule has 1 aliphatic carbocycles. The monoisotopic (exact) mass is 321 g/mol. The van der Waals surface area contributed by atoms with Gasteiger partial charge >= 0.3 is 0 Å². The Morgan fingerprint density at radius 1 is 1.62 bits per heavy atom. The molecule has 2 rings (SSSR count). The van der Waals surface area contributed by atoms with Crippen molar-refractivity contribution in [2.45, 2.75) is 19.3 Å². The maximum Gasteiger partial charge on any atom is 0.262 e. The number of rotatable bonds is 5. The first-order chi connectivity index (χ1) is 7.67. The lowest BCUT2D eigenvalue weighted by atomic mass is 10.0. The quantitative estimate of drug-likeness (QED) is 0.823. The minimum atomic E-state index is -0.0409. The zero-order chi connectivity index (χ0) is 11.6. The molecule has 0 saturated heterocycles. The molecule has 0 atom stereocenters. The molecule has 1 heterocycles. The van der Waals surface area contributed by atoms with Gasteiger partial charge in [-0.25, -0.2) is 0 Å². The van der Waals surface area contributed by atoms with E-state index in [9.17, 15) is 4.79 Å². The third kappa shape index (κ3) is 2.79. The normalized spacial score (nSPS) is 17.1. The van der Waals surface area contributed by atoms with Gasteiger partial charge in [-0.15, -0.1) is 11.3 Å². The maximum atomic E-state index is 11.8. The summed E-state index contributed by atoms with van der Waals surface area (Å²) in [5.74, 6) is -0.0409. The van der Waals surface area contributed by atoms with Crippen LogP contribution in [0, 0.1) is 5.41 Å². The van der Waals surface area contributed by atoms with E-state index < -0.39 is 0 Å². The van der Waals surface area contributed by atoms with Gasteiger partial charge in [-0.05, 0) is 36.1 Å². The van der Waals surface area contributed by atoms with Crippen LogP contribution in [0.5, 0.6) is 0 Å². The summed E-state index contributed by atoms with van der Waals surface area (Å²) in [5, 5.41) is 6.37. The summed E-state index contributed by atoms with van der Waals surface area (Å²) in [4.78, 5) is 12.4. The number of halogens is 2. The summed E-state index contributed by atoms with van der Waals surface area (Å²) in [7, 11) is 0. The number of carbonyl (C=O) groups is 1. The third-order valence-corrected chi connectivity index (χ3v) is 4.77. The van der Waals surface area contributed by atoms with E-state index in [0.29, 0.717) is 15.3 Å². The predicted molar refractivity (Wildman–Crippen MR) is 71.7 cm³/mol. The van der Waals surface area contributed by atoms with Crippen LogP contribution in [0.1, 0.15) is 28.9 Å². The van der Waals surface area contributed by atoms with Gasteiger partial charge in [0.2, 0.25) is 0 Å². The van der Waals surface area contributed by atoms with Gasteiger partial charge in [0.05, 0.1) is 5.02 Å². The van der Waals surface area contributed by atoms with Gasteiger partial charge in [-0.1, -0.05) is 27.5 Å². The molecule has 1 aromatic rings. The molecule has 2 nitrogen and oxygen atoms in total. The van der Waals surface area contributed by atoms with Crippen LogP contribution in [-0.4, -0.2) is 17.8 Å². The van der Waals surface area contributed by atoms with E-state index in [2.05, 4.69) is 21.2 Å². The van der Waals surface area contributed by atoms with Crippen molar-refractivity contribution in [1.82, 2.24) is 5.32 Å². The van der Waals surface area contributed by atoms with Crippen molar-refractivity contribution in [3.05, 3.63) is 21.3 Å². The Kier molecular flexibility index (Phi) is 3.93. The van der Waals surface area contributed by atoms with Crippen LogP contribution in [0.15, 0.2) is 11.4 Å². The van der Waals surface area contributed by atoms with Crippen molar-refractivity contribution in [3.8, 4) is 0 Å². The minimum absolute atomic E-state index is 0.0409. The second-order valence-electron chi connectivity index (χ2n) is 4.22. The molecule has 88 valence electrons. The second kappa shape index (κ2) is 5.07. The van der Waals surface area contributed by atoms with Crippen molar-refractivity contribution in [1.29, 1.82) is 0 Å². The summed E-state index contributed by atoms with van der Waals surface area (Å²) in [6.07, 6.45) is 3.57. The van der Waals surface area contributed by atoms with E-state index in [1.807, 2.05) is 5.38 Å². The van der Waals surface area contributed by atoms with Crippen molar-refractivity contribution >= 4 is 44.8 Å². The molecule has 1 aliphatic rings. The van der Waals surface area contributed by atoms with Gasteiger partial charge in [-0.3, -0.25) is 4.79 Å². The average molecular weight is 323 g/mol. The molecule has 0 radical (unpaired) electrons. The molecule has 1 N–H and O–H groups in total. The average Bonchev–Trinajstić information content (AvgIpc) is 2.89. The molecule has 16 heavy (non-hydrogen) atoms. The molecule has 5 heteroatoms. The smallest absolute Gasteiger partial charge is 0.262 e. The maximum absolute atomic E-state index is 11.8. The fourth-order valence-electron chi connectivity index (χ4n) is 1.70. The van der Waals surface area contributed by atoms with Crippen LogP contribution in [0.4, 0.5) is 0 Å². The highest BCUT2D eigenvalue weighted by atomic mass is 79.9. The first-order valence-corrected chi connectivity index (χ1v) is 7.62. The first kappa shape index (κ1) is 12.4. The largest absolute Gasteiger partial charge is 0.351 e. The molecule has 1 fully saturated rings. The number of nitrogens with one attached hydrogen (secondary N) is 1. The van der Waals surface area contributed by atoms with Crippen LogP contribution in [0.25, 0.3) is 0 Å². The Hall–Kier alpha value is -0.0600. The molecule has 1 amide bonds. The fourth-order valence-corrected chi connectivity index (χ4v) is 3.59. The lowest BCUT2D eigenvalue weighted by molar-refractivity contribution is 0.0948. The summed E-state index contributed by atoms with van der Waals surface area (Å²) in [6.45, 7) is 0.770. The molecular formula is C11H13BrClNOS. The molecule has 0 bridgehead atoms. The second-order valence-corrected chi connectivity index (χ2v) is 6.34. The van der Waals surface area contributed by atoms with Gasteiger partial charge in [-0.2, -0.15) is 0 Å². The predicted octanol–water partition coefficient (Wildman–Crippen LogP) is 3.70. The van der Waals surface area contributed by atoms with E-state index in [1.54, 1.807) is 6.07 Å². The van der Waals surface area contributed by atoms with Gasteiger partial charge in [0, 0.05) is 11.9 Å². The third-order valence-electron chi connectivity index (χ3n) is 3.03. The molecule has 0 aliphatic heterocycles. The zero-order valence-corrected chi connectivity index (χ0v) is 11.9. The van der Waals surface area contributed by atoms with Crippen LogP contribution < -0.4 is 5.32 Å². The van der Waals surface area contributed by atoms with E-state index in [1.165, 1.54) is 24.2 Å². The van der Waals surface area contributed by atoms with Crippen LogP contribution in [0.3, 0.4) is 0 Å². The number of thiophene rings is 1. The Bertz CT molecular complexity index is 389. The Morgan fingerprint density at radius 3 is 2.88 bits per heavy atom. The van der Waals surface area contributed by atoms with Crippen LogP contribution in [-0.2, 0) is 0 Å². The Labute approximate surface area is 113 Å². The SMILES string of the molecule is O=C(NCC1(CCBr)CC1)c1sccc1Cl. The van der Waals surface area contributed by atoms with Gasteiger partial charge in [0.15, 0.2) is 0 Å². The summed E-state index contributed by atoms with van der Waals surface area (Å²) in [5.41, 5.74) is 0.350. The molecular weight excluding hydrogens is 310 g/mol. The van der Waals surface area contributed by atoms with E-state index >= 15 is 0 Å². The highest BCUT2D eigenvalue weighted by molar-refractivity contribution is 9.09. The number of amides is 1. The molecule has 0 spiro atoms. The molecule has 0 unspecified atom stereocenters. The van der Waals surface area contributed by atoms with Gasteiger partial charge in [0.25, 0.3) is 5.91 Å². The Balaban J connectivity index is 1.87. The van der Waals surface area contributed by atoms with E-state index in [4.69, 9.17) is 11.6 Å². The summed E-state index contributed by atoms with van der Waals surface area (Å²) >= 11 is 10.7. The molecule has 1 saturated carbocycles. The highest BCUT2D eigenvalue weighted by Gasteiger charge is 2.41. The molecule has 1 aromatic heterocycles. The molecule has 0 aromatic carbocycles. The van der Waals surface area contributed by atoms with E-state index in [0.717, 1.165) is 18.3 Å². The van der Waals surface area contributed by atoms with Crippen LogP contribution >= 0.6 is 38.9 Å². The van der Waals surface area contributed by atoms with Gasteiger partial charge < -0.3 is 5.32 Å². The number of hydrogen-bond donors (Lipinski definition) is 1.